The van der Waals surface area contributed by atoms with Crippen LogP contribution in [0.25, 0.3) is 0 Å². The number of hydrogen-bond donors (Lipinski definition) is 1. The Bertz CT molecular complexity index is 345. The van der Waals surface area contributed by atoms with E-state index in [0.29, 0.717) is 0 Å². The molecule has 1 heteroatoms. The SMILES string of the molecule is Cc1ccccc1CCCCCCCCCCCCCN. The van der Waals surface area contributed by atoms with Crippen molar-refractivity contribution in [2.24, 2.45) is 5.73 Å². The Balaban J connectivity index is 1.84. The monoisotopic (exact) mass is 289 g/mol. The van der Waals surface area contributed by atoms with Gasteiger partial charge in [-0.2, -0.15) is 0 Å². The molecular formula is C20H35N. The molecule has 0 saturated carbocycles. The van der Waals surface area contributed by atoms with E-state index >= 15 is 0 Å². The smallest absolute Gasteiger partial charge is 0.00773 e. The summed E-state index contributed by atoms with van der Waals surface area (Å²) in [5.74, 6) is 0. The highest BCUT2D eigenvalue weighted by atomic mass is 14.5. The van der Waals surface area contributed by atoms with Gasteiger partial charge >= 0.3 is 0 Å². The van der Waals surface area contributed by atoms with Gasteiger partial charge in [-0.15, -0.1) is 0 Å². The van der Waals surface area contributed by atoms with Crippen LogP contribution in [-0.4, -0.2) is 6.54 Å². The number of aryl methyl sites for hydroxylation is 2. The average molecular weight is 290 g/mol. The van der Waals surface area contributed by atoms with E-state index in [9.17, 15) is 0 Å². The Labute approximate surface area is 132 Å². The van der Waals surface area contributed by atoms with Crippen molar-refractivity contribution in [3.05, 3.63) is 35.4 Å². The van der Waals surface area contributed by atoms with Gasteiger partial charge in [-0.3, -0.25) is 0 Å². The lowest BCUT2D eigenvalue weighted by molar-refractivity contribution is 0.546. The van der Waals surface area contributed by atoms with Gasteiger partial charge in [0.1, 0.15) is 0 Å². The first-order chi connectivity index (χ1) is 10.3. The van der Waals surface area contributed by atoms with Gasteiger partial charge in [-0.05, 0) is 43.9 Å². The zero-order valence-corrected chi connectivity index (χ0v) is 14.1. The number of nitrogens with two attached hydrogens (primary N) is 1. The van der Waals surface area contributed by atoms with Gasteiger partial charge in [0.05, 0.1) is 0 Å². The van der Waals surface area contributed by atoms with E-state index in [0.717, 1.165) is 6.54 Å². The van der Waals surface area contributed by atoms with Crippen molar-refractivity contribution >= 4 is 0 Å². The van der Waals surface area contributed by atoms with Crippen LogP contribution in [-0.2, 0) is 6.42 Å². The molecule has 0 atom stereocenters. The predicted octanol–water partition coefficient (Wildman–Crippen LogP) is 5.79. The lowest BCUT2D eigenvalue weighted by Crippen LogP contribution is -1.97. The maximum absolute atomic E-state index is 5.49. The summed E-state index contributed by atoms with van der Waals surface area (Å²) in [5.41, 5.74) is 8.48. The normalized spacial score (nSPS) is 11.0. The van der Waals surface area contributed by atoms with Crippen LogP contribution in [0.15, 0.2) is 24.3 Å². The zero-order valence-electron chi connectivity index (χ0n) is 14.1. The lowest BCUT2D eigenvalue weighted by Gasteiger charge is -2.05. The summed E-state index contributed by atoms with van der Waals surface area (Å²) in [6.45, 7) is 3.09. The van der Waals surface area contributed by atoms with Crippen LogP contribution in [0, 0.1) is 6.92 Å². The van der Waals surface area contributed by atoms with E-state index < -0.39 is 0 Å². The molecule has 0 aliphatic carbocycles. The molecule has 0 unspecified atom stereocenters. The fraction of sp³-hybridized carbons (Fsp3) is 0.700. The van der Waals surface area contributed by atoms with Crippen LogP contribution in [0.2, 0.25) is 0 Å². The number of unbranched alkanes of at least 4 members (excludes halogenated alkanes) is 10. The summed E-state index contributed by atoms with van der Waals surface area (Å²) in [7, 11) is 0. The van der Waals surface area contributed by atoms with Gasteiger partial charge in [0.2, 0.25) is 0 Å². The van der Waals surface area contributed by atoms with E-state index in [1.165, 1.54) is 88.2 Å². The molecule has 120 valence electrons. The van der Waals surface area contributed by atoms with Gasteiger partial charge in [0.15, 0.2) is 0 Å². The molecule has 1 aromatic carbocycles. The Morgan fingerprint density at radius 1 is 0.667 bits per heavy atom. The Kier molecular flexibility index (Phi) is 11.2. The Hall–Kier alpha value is -0.820. The zero-order chi connectivity index (χ0) is 15.2. The van der Waals surface area contributed by atoms with Crippen LogP contribution in [0.3, 0.4) is 0 Å². The standard InChI is InChI=1S/C20H35N/c1-19-15-12-13-17-20(19)16-11-9-7-5-3-2-4-6-8-10-14-18-21/h12-13,15,17H,2-11,14,16,18,21H2,1H3. The van der Waals surface area contributed by atoms with Crippen molar-refractivity contribution in [3.8, 4) is 0 Å². The minimum Gasteiger partial charge on any atom is -0.330 e. The highest BCUT2D eigenvalue weighted by Gasteiger charge is 1.97. The van der Waals surface area contributed by atoms with Crippen LogP contribution in [0.1, 0.15) is 81.8 Å². The number of benzene rings is 1. The molecule has 1 aromatic rings. The number of hydrogen-bond acceptors (Lipinski definition) is 1. The summed E-state index contributed by atoms with van der Waals surface area (Å²) in [5, 5.41) is 0. The quantitative estimate of drug-likeness (QED) is 0.457. The van der Waals surface area contributed by atoms with Crippen LogP contribution < -0.4 is 5.73 Å². The van der Waals surface area contributed by atoms with E-state index in [-0.39, 0.29) is 0 Å². The van der Waals surface area contributed by atoms with E-state index in [1.54, 1.807) is 0 Å². The topological polar surface area (TPSA) is 26.0 Å². The van der Waals surface area contributed by atoms with Gasteiger partial charge in [-0.25, -0.2) is 0 Å². The second-order valence-corrected chi connectivity index (χ2v) is 6.35. The van der Waals surface area contributed by atoms with Crippen molar-refractivity contribution in [2.75, 3.05) is 6.54 Å². The molecule has 0 aliphatic heterocycles. The summed E-state index contributed by atoms with van der Waals surface area (Å²) in [4.78, 5) is 0. The molecule has 0 aliphatic rings. The first kappa shape index (κ1) is 18.2. The molecule has 0 amide bonds. The maximum Gasteiger partial charge on any atom is -0.00773 e. The van der Waals surface area contributed by atoms with Crippen LogP contribution in [0.4, 0.5) is 0 Å². The first-order valence-electron chi connectivity index (χ1n) is 9.09. The summed E-state index contributed by atoms with van der Waals surface area (Å²) in [6, 6.07) is 8.80. The second kappa shape index (κ2) is 12.9. The minimum atomic E-state index is 0.864. The molecule has 0 spiro atoms. The summed E-state index contributed by atoms with van der Waals surface area (Å²) in [6.07, 6.45) is 16.5. The second-order valence-electron chi connectivity index (χ2n) is 6.35. The van der Waals surface area contributed by atoms with Gasteiger partial charge in [-0.1, -0.05) is 82.1 Å². The predicted molar refractivity (Wildman–Crippen MR) is 94.7 cm³/mol. The fourth-order valence-corrected chi connectivity index (χ4v) is 2.94. The molecule has 0 radical (unpaired) electrons. The van der Waals surface area contributed by atoms with Gasteiger partial charge in [0.25, 0.3) is 0 Å². The first-order valence-corrected chi connectivity index (χ1v) is 9.09. The van der Waals surface area contributed by atoms with Crippen molar-refractivity contribution in [3.63, 3.8) is 0 Å². The molecule has 2 N–H and O–H groups in total. The van der Waals surface area contributed by atoms with Crippen LogP contribution >= 0.6 is 0 Å². The third-order valence-corrected chi connectivity index (χ3v) is 4.41. The third kappa shape index (κ3) is 9.68. The van der Waals surface area contributed by atoms with E-state index in [1.807, 2.05) is 0 Å². The molecular weight excluding hydrogens is 254 g/mol. The minimum absolute atomic E-state index is 0.864. The molecule has 1 rings (SSSR count). The molecule has 0 heterocycles. The maximum atomic E-state index is 5.49. The van der Waals surface area contributed by atoms with Crippen molar-refractivity contribution < 1.29 is 0 Å². The van der Waals surface area contributed by atoms with E-state index in [4.69, 9.17) is 5.73 Å². The molecule has 0 saturated heterocycles. The molecule has 21 heavy (non-hydrogen) atoms. The van der Waals surface area contributed by atoms with Crippen molar-refractivity contribution in [1.82, 2.24) is 0 Å². The molecule has 1 nitrogen and oxygen atoms in total. The van der Waals surface area contributed by atoms with Crippen molar-refractivity contribution in [1.29, 1.82) is 0 Å². The average Bonchev–Trinajstić information content (AvgIpc) is 2.50. The Morgan fingerprint density at radius 3 is 1.67 bits per heavy atom. The highest BCUT2D eigenvalue weighted by Crippen LogP contribution is 2.14. The van der Waals surface area contributed by atoms with Crippen molar-refractivity contribution in [2.45, 2.75) is 84.0 Å². The Morgan fingerprint density at radius 2 is 1.14 bits per heavy atom. The van der Waals surface area contributed by atoms with E-state index in [2.05, 4.69) is 31.2 Å². The lowest BCUT2D eigenvalue weighted by atomic mass is 10.0. The fourth-order valence-electron chi connectivity index (χ4n) is 2.94. The molecule has 0 bridgehead atoms. The highest BCUT2D eigenvalue weighted by molar-refractivity contribution is 5.25. The largest absolute Gasteiger partial charge is 0.330 e. The number of rotatable bonds is 13. The van der Waals surface area contributed by atoms with Crippen LogP contribution in [0.5, 0.6) is 0 Å². The third-order valence-electron chi connectivity index (χ3n) is 4.41. The van der Waals surface area contributed by atoms with Gasteiger partial charge < -0.3 is 5.73 Å². The summed E-state index contributed by atoms with van der Waals surface area (Å²) < 4.78 is 0. The molecule has 0 fully saturated rings. The molecule has 0 aromatic heterocycles. The van der Waals surface area contributed by atoms with Gasteiger partial charge in [0, 0.05) is 0 Å². The summed E-state index contributed by atoms with van der Waals surface area (Å²) >= 11 is 0.